The fourth-order valence-corrected chi connectivity index (χ4v) is 18.0. The number of amides is 1. The Morgan fingerprint density at radius 1 is 1.04 bits per heavy atom. The van der Waals surface area contributed by atoms with Gasteiger partial charge in [0, 0.05) is 0 Å². The zero-order valence-corrected chi connectivity index (χ0v) is 21.3. The summed E-state index contributed by atoms with van der Waals surface area (Å²) < 4.78 is 4.07. The molecule has 1 unspecified atom stereocenters. The molecule has 2 nitrogen and oxygen atoms in total. The van der Waals surface area contributed by atoms with Gasteiger partial charge in [-0.05, 0) is 0 Å². The van der Waals surface area contributed by atoms with Crippen molar-refractivity contribution >= 4 is 17.9 Å². The Labute approximate surface area is 184 Å². The molecule has 6 heteroatoms. The molecular weight excluding hydrogens is 472 g/mol. The number of hydrogen-bond donors (Lipinski definition) is 1. The van der Waals surface area contributed by atoms with Crippen LogP contribution in [0.3, 0.4) is 0 Å². The molecule has 3 rings (SSSR count). The minimum absolute atomic E-state index is 0. The molecule has 0 saturated carbocycles. The van der Waals surface area contributed by atoms with Crippen molar-refractivity contribution in [3.8, 4) is 0 Å². The SMILES string of the molecule is CC(C)c1ccccc1C(=O)[NH][Zr+2]([CH]1C=Cc2ccccc21)[SiH](C)C.[Cl-].[Cl-]. The zero-order chi connectivity index (χ0) is 18.0. The molecule has 0 radical (unpaired) electrons. The average Bonchev–Trinajstić information content (AvgIpc) is 3.03. The third-order valence-electron chi connectivity index (χ3n) is 4.84. The largest absolute Gasteiger partial charge is 1.00 e. The summed E-state index contributed by atoms with van der Waals surface area (Å²) >= 11 is -2.11. The first kappa shape index (κ1) is 24.4. The van der Waals surface area contributed by atoms with E-state index in [0.29, 0.717) is 9.54 Å². The number of allylic oxidation sites excluding steroid dienone is 1. The molecule has 0 heterocycles. The predicted molar refractivity (Wildman–Crippen MR) is 105 cm³/mol. The third-order valence-corrected chi connectivity index (χ3v) is 22.4. The summed E-state index contributed by atoms with van der Waals surface area (Å²) in [7, 11) is 0. The molecule has 2 aromatic rings. The summed E-state index contributed by atoms with van der Waals surface area (Å²) in [6.45, 7) is 9.11. The van der Waals surface area contributed by atoms with Crippen LogP contribution in [-0.4, -0.2) is 11.8 Å². The van der Waals surface area contributed by atoms with E-state index in [1.165, 1.54) is 11.1 Å². The Bertz CT molecular complexity index is 810. The Kier molecular flexibility index (Phi) is 9.71. The summed E-state index contributed by atoms with van der Waals surface area (Å²) in [5, 5.41) is 0. The van der Waals surface area contributed by atoms with E-state index in [0.717, 1.165) is 11.1 Å². The van der Waals surface area contributed by atoms with E-state index in [9.17, 15) is 4.79 Å². The summed E-state index contributed by atoms with van der Waals surface area (Å²) in [6, 6.07) is 16.7. The Balaban J connectivity index is 0.00000182. The molecule has 1 aliphatic carbocycles. The first-order valence-corrected chi connectivity index (χ1v) is 18.8. The summed E-state index contributed by atoms with van der Waals surface area (Å²) in [6.07, 6.45) is 4.59. The van der Waals surface area contributed by atoms with Gasteiger partial charge in [-0.1, -0.05) is 0 Å². The monoisotopic (exact) mass is 496 g/mol. The zero-order valence-electron chi connectivity index (χ0n) is 16.2. The molecule has 0 fully saturated rings. The van der Waals surface area contributed by atoms with Crippen LogP contribution in [0.25, 0.3) is 6.08 Å². The fraction of sp³-hybridized carbons (Fsp3) is 0.286. The van der Waals surface area contributed by atoms with Crippen molar-refractivity contribution < 1.29 is 50.8 Å². The molecule has 0 aliphatic heterocycles. The van der Waals surface area contributed by atoms with Gasteiger partial charge in [-0.2, -0.15) is 0 Å². The molecule has 0 saturated heterocycles. The van der Waals surface area contributed by atoms with Crippen LogP contribution in [0, 0.1) is 0 Å². The number of hydrogen-bond acceptors (Lipinski definition) is 1. The van der Waals surface area contributed by atoms with Crippen LogP contribution in [0.5, 0.6) is 0 Å². The maximum Gasteiger partial charge on any atom is -1.00 e. The molecule has 0 aromatic heterocycles. The van der Waals surface area contributed by atoms with Gasteiger partial charge >= 0.3 is 161 Å². The van der Waals surface area contributed by atoms with Crippen molar-refractivity contribution in [1.29, 1.82) is 0 Å². The van der Waals surface area contributed by atoms with Crippen molar-refractivity contribution in [2.75, 3.05) is 0 Å². The first-order chi connectivity index (χ1) is 12.0. The van der Waals surface area contributed by atoms with Gasteiger partial charge in [-0.25, -0.2) is 0 Å². The van der Waals surface area contributed by atoms with Crippen molar-refractivity contribution in [1.82, 2.24) is 3.26 Å². The molecular formula is C21H26Cl2NOSiZr. The number of carbonyl (C=O) groups excluding carboxylic acids is 1. The minimum atomic E-state index is -2.11. The van der Waals surface area contributed by atoms with E-state index >= 15 is 0 Å². The number of fused-ring (bicyclic) bond motifs is 1. The predicted octanol–water partition coefficient (Wildman–Crippen LogP) is -1.17. The molecule has 1 N–H and O–H groups in total. The molecule has 0 bridgehead atoms. The van der Waals surface area contributed by atoms with E-state index in [4.69, 9.17) is 0 Å². The van der Waals surface area contributed by atoms with E-state index in [2.05, 4.69) is 72.7 Å². The van der Waals surface area contributed by atoms with Gasteiger partial charge in [0.05, 0.1) is 0 Å². The Morgan fingerprint density at radius 3 is 2.33 bits per heavy atom. The van der Waals surface area contributed by atoms with Crippen molar-refractivity contribution in [2.45, 2.75) is 36.5 Å². The van der Waals surface area contributed by atoms with Gasteiger partial charge in [0.2, 0.25) is 0 Å². The van der Waals surface area contributed by atoms with E-state index in [-0.39, 0.29) is 30.7 Å². The quantitative estimate of drug-likeness (QED) is 0.518. The maximum absolute atomic E-state index is 13.1. The third kappa shape index (κ3) is 5.44. The van der Waals surface area contributed by atoms with Crippen molar-refractivity contribution in [3.05, 3.63) is 76.9 Å². The van der Waals surface area contributed by atoms with Gasteiger partial charge in [0.25, 0.3) is 0 Å². The maximum atomic E-state index is 13.1. The second-order valence-corrected chi connectivity index (χ2v) is 26.2. The van der Waals surface area contributed by atoms with Crippen molar-refractivity contribution in [3.63, 3.8) is 0 Å². The molecule has 27 heavy (non-hydrogen) atoms. The average molecular weight is 499 g/mol. The summed E-state index contributed by atoms with van der Waals surface area (Å²) in [5.41, 5.74) is 4.77. The molecule has 1 atom stereocenters. The van der Waals surface area contributed by atoms with E-state index in [1.807, 2.05) is 18.2 Å². The van der Waals surface area contributed by atoms with E-state index < -0.39 is 27.1 Å². The van der Waals surface area contributed by atoms with Gasteiger partial charge in [0.15, 0.2) is 0 Å². The van der Waals surface area contributed by atoms with Crippen LogP contribution in [0.2, 0.25) is 13.1 Å². The van der Waals surface area contributed by atoms with Gasteiger partial charge in [-0.15, -0.1) is 0 Å². The van der Waals surface area contributed by atoms with Crippen LogP contribution in [-0.2, 0) is 21.2 Å². The Morgan fingerprint density at radius 2 is 1.67 bits per heavy atom. The molecule has 143 valence electrons. The summed E-state index contributed by atoms with van der Waals surface area (Å²) in [4.78, 5) is 13.1. The first-order valence-electron chi connectivity index (χ1n) is 9.03. The number of halogens is 2. The Hall–Kier alpha value is -0.670. The van der Waals surface area contributed by atoms with Crippen molar-refractivity contribution in [2.24, 2.45) is 0 Å². The van der Waals surface area contributed by atoms with Gasteiger partial charge in [-0.3, -0.25) is 0 Å². The topological polar surface area (TPSA) is 29.1 Å². The van der Waals surface area contributed by atoms with E-state index in [1.54, 1.807) is 0 Å². The minimum Gasteiger partial charge on any atom is -1.00 e. The van der Waals surface area contributed by atoms with Gasteiger partial charge < -0.3 is 24.8 Å². The molecule has 0 spiro atoms. The van der Waals surface area contributed by atoms with Gasteiger partial charge in [0.1, 0.15) is 0 Å². The van der Waals surface area contributed by atoms with Crippen LogP contribution >= 0.6 is 0 Å². The normalized spacial score (nSPS) is 14.4. The van der Waals surface area contributed by atoms with Crippen LogP contribution < -0.4 is 28.1 Å². The second-order valence-electron chi connectivity index (χ2n) is 7.27. The number of carbonyl (C=O) groups is 1. The smallest absolute Gasteiger partial charge is 1.00 e. The van der Waals surface area contributed by atoms with Crippen LogP contribution in [0.15, 0.2) is 54.6 Å². The molecule has 2 aromatic carbocycles. The molecule has 1 amide bonds. The number of benzene rings is 2. The van der Waals surface area contributed by atoms with Crippen LogP contribution in [0.4, 0.5) is 0 Å². The second kappa shape index (κ2) is 10.8. The standard InChI is InChI=1S/C10H13NO.C9H7.C2H7Si.2ClH.Zr/c1-7(2)8-5-3-4-6-9(8)10(11)12;1-2-5-9-7-3-6-8(9)4-1;1-3-2;;;/h3-7H,1-2H3,(H2,11,12);1-7H;3H,1-2H3;2*1H;/q;;;;;+3/p-3. The number of nitrogens with one attached hydrogen (secondary N) is 1. The number of rotatable bonds is 5. The molecule has 1 aliphatic rings. The summed E-state index contributed by atoms with van der Waals surface area (Å²) in [5.74, 6) is -0.395. The fourth-order valence-electron chi connectivity index (χ4n) is 3.51. The van der Waals surface area contributed by atoms with Crippen LogP contribution in [0.1, 0.15) is 50.4 Å².